The standard InChI is InChI=1S/C19H27N3O4/c1-19(2,3)26-18(25)20-11-5-9-16(23)21-14-7-4-8-15(13-14)22-12-6-10-17(22)24/h4,7-8,13H,5-6,9-12H2,1-3H3,(H,20,25)(H,21,23). The summed E-state index contributed by atoms with van der Waals surface area (Å²) >= 11 is 0. The lowest BCUT2D eigenvalue weighted by atomic mass is 10.2. The van der Waals surface area contributed by atoms with E-state index in [9.17, 15) is 14.4 Å². The number of hydrogen-bond acceptors (Lipinski definition) is 4. The van der Waals surface area contributed by atoms with E-state index in [2.05, 4.69) is 10.6 Å². The van der Waals surface area contributed by atoms with E-state index >= 15 is 0 Å². The molecule has 1 aromatic carbocycles. The molecule has 2 N–H and O–H groups in total. The van der Waals surface area contributed by atoms with Crippen molar-refractivity contribution in [2.75, 3.05) is 23.3 Å². The molecule has 3 amide bonds. The van der Waals surface area contributed by atoms with Crippen LogP contribution in [0.25, 0.3) is 0 Å². The van der Waals surface area contributed by atoms with E-state index < -0.39 is 11.7 Å². The van der Waals surface area contributed by atoms with Gasteiger partial charge in [0.05, 0.1) is 0 Å². The summed E-state index contributed by atoms with van der Waals surface area (Å²) < 4.78 is 5.13. The zero-order valence-corrected chi connectivity index (χ0v) is 15.6. The van der Waals surface area contributed by atoms with Crippen LogP contribution >= 0.6 is 0 Å². The molecule has 0 atom stereocenters. The van der Waals surface area contributed by atoms with Gasteiger partial charge >= 0.3 is 6.09 Å². The molecule has 0 aliphatic carbocycles. The predicted octanol–water partition coefficient (Wildman–Crippen LogP) is 3.06. The number of nitrogens with zero attached hydrogens (tertiary/aromatic N) is 1. The zero-order chi connectivity index (χ0) is 19.2. The van der Waals surface area contributed by atoms with E-state index in [1.165, 1.54) is 0 Å². The van der Waals surface area contributed by atoms with Gasteiger partial charge in [0.25, 0.3) is 0 Å². The number of carbonyl (C=O) groups is 3. The van der Waals surface area contributed by atoms with Crippen molar-refractivity contribution >= 4 is 29.3 Å². The fourth-order valence-electron chi connectivity index (χ4n) is 2.65. The summed E-state index contributed by atoms with van der Waals surface area (Å²) in [5.74, 6) is -0.0254. The number of rotatable bonds is 6. The predicted molar refractivity (Wildman–Crippen MR) is 100 cm³/mol. The van der Waals surface area contributed by atoms with Gasteiger partial charge in [0.15, 0.2) is 0 Å². The minimum absolute atomic E-state index is 0.113. The first-order valence-electron chi connectivity index (χ1n) is 8.92. The summed E-state index contributed by atoms with van der Waals surface area (Å²) in [7, 11) is 0. The molecule has 1 aliphatic heterocycles. The lowest BCUT2D eigenvalue weighted by molar-refractivity contribution is -0.117. The van der Waals surface area contributed by atoms with Crippen LogP contribution in [-0.4, -0.2) is 36.6 Å². The number of alkyl carbamates (subject to hydrolysis) is 1. The highest BCUT2D eigenvalue weighted by Crippen LogP contribution is 2.24. The highest BCUT2D eigenvalue weighted by molar-refractivity contribution is 5.97. The lowest BCUT2D eigenvalue weighted by Crippen LogP contribution is -2.33. The second-order valence-electron chi connectivity index (χ2n) is 7.28. The molecule has 7 heteroatoms. The summed E-state index contributed by atoms with van der Waals surface area (Å²) in [6.45, 7) is 6.47. The molecule has 0 bridgehead atoms. The maximum Gasteiger partial charge on any atom is 0.407 e. The third-order valence-electron chi connectivity index (χ3n) is 3.76. The highest BCUT2D eigenvalue weighted by atomic mass is 16.6. The fraction of sp³-hybridized carbons (Fsp3) is 0.526. The Bertz CT molecular complexity index is 667. The number of nitrogens with one attached hydrogen (secondary N) is 2. The second-order valence-corrected chi connectivity index (χ2v) is 7.28. The summed E-state index contributed by atoms with van der Waals surface area (Å²) in [5.41, 5.74) is 0.924. The Labute approximate surface area is 154 Å². The number of carbonyl (C=O) groups excluding carboxylic acids is 3. The molecule has 1 aromatic rings. The molecule has 0 aromatic heterocycles. The number of ether oxygens (including phenoxy) is 1. The van der Waals surface area contributed by atoms with Crippen molar-refractivity contribution in [3.05, 3.63) is 24.3 Å². The van der Waals surface area contributed by atoms with Gasteiger partial charge in [-0.25, -0.2) is 4.79 Å². The topological polar surface area (TPSA) is 87.7 Å². The van der Waals surface area contributed by atoms with Gasteiger partial charge in [-0.2, -0.15) is 0 Å². The third kappa shape index (κ3) is 6.38. The van der Waals surface area contributed by atoms with Crippen molar-refractivity contribution in [1.29, 1.82) is 0 Å². The molecule has 1 saturated heterocycles. The van der Waals surface area contributed by atoms with E-state index in [1.54, 1.807) is 37.8 Å². The van der Waals surface area contributed by atoms with Crippen LogP contribution < -0.4 is 15.5 Å². The third-order valence-corrected chi connectivity index (χ3v) is 3.76. The number of anilines is 2. The molecule has 1 heterocycles. The Morgan fingerprint density at radius 2 is 2.04 bits per heavy atom. The van der Waals surface area contributed by atoms with Crippen molar-refractivity contribution in [2.24, 2.45) is 0 Å². The van der Waals surface area contributed by atoms with Crippen molar-refractivity contribution in [3.8, 4) is 0 Å². The van der Waals surface area contributed by atoms with Gasteiger partial charge in [0.1, 0.15) is 5.60 Å². The SMILES string of the molecule is CC(C)(C)OC(=O)NCCCC(=O)Nc1cccc(N2CCCC2=O)c1. The Kier molecular flexibility index (Phi) is 6.60. The van der Waals surface area contributed by atoms with Crippen LogP contribution in [0.2, 0.25) is 0 Å². The number of hydrogen-bond donors (Lipinski definition) is 2. The maximum absolute atomic E-state index is 12.0. The van der Waals surface area contributed by atoms with Crippen molar-refractivity contribution in [2.45, 2.75) is 52.1 Å². The summed E-state index contributed by atoms with van der Waals surface area (Å²) in [6.07, 6.45) is 1.74. The van der Waals surface area contributed by atoms with Gasteiger partial charge in [-0.15, -0.1) is 0 Å². The Morgan fingerprint density at radius 3 is 2.69 bits per heavy atom. The smallest absolute Gasteiger partial charge is 0.407 e. The second kappa shape index (κ2) is 8.69. The first-order valence-corrected chi connectivity index (χ1v) is 8.92. The van der Waals surface area contributed by atoms with Crippen LogP contribution in [0.1, 0.15) is 46.5 Å². The molecule has 1 aliphatic rings. The largest absolute Gasteiger partial charge is 0.444 e. The Balaban J connectivity index is 1.74. The first-order chi connectivity index (χ1) is 12.2. The molecule has 0 spiro atoms. The normalized spacial score (nSPS) is 14.3. The molecule has 142 valence electrons. The van der Waals surface area contributed by atoms with Crippen molar-refractivity contribution in [1.82, 2.24) is 5.32 Å². The van der Waals surface area contributed by atoms with E-state index in [0.717, 1.165) is 12.1 Å². The van der Waals surface area contributed by atoms with Gasteiger partial charge in [0, 0.05) is 37.3 Å². The van der Waals surface area contributed by atoms with Crippen LogP contribution in [-0.2, 0) is 14.3 Å². The van der Waals surface area contributed by atoms with Crippen LogP contribution in [0.4, 0.5) is 16.2 Å². The van der Waals surface area contributed by atoms with Gasteiger partial charge in [-0.05, 0) is 51.8 Å². The van der Waals surface area contributed by atoms with Gasteiger partial charge in [0.2, 0.25) is 11.8 Å². The van der Waals surface area contributed by atoms with Crippen LogP contribution in [0, 0.1) is 0 Å². The monoisotopic (exact) mass is 361 g/mol. The molecular weight excluding hydrogens is 334 g/mol. The molecule has 0 saturated carbocycles. The fourth-order valence-corrected chi connectivity index (χ4v) is 2.65. The average molecular weight is 361 g/mol. The van der Waals surface area contributed by atoms with Crippen LogP contribution in [0.5, 0.6) is 0 Å². The molecular formula is C19H27N3O4. The minimum atomic E-state index is -0.538. The average Bonchev–Trinajstić information content (AvgIpc) is 2.96. The van der Waals surface area contributed by atoms with Crippen molar-refractivity contribution in [3.63, 3.8) is 0 Å². The van der Waals surface area contributed by atoms with E-state index in [1.807, 2.05) is 12.1 Å². The molecule has 2 rings (SSSR count). The van der Waals surface area contributed by atoms with E-state index in [4.69, 9.17) is 4.74 Å². The van der Waals surface area contributed by atoms with Crippen LogP contribution in [0.15, 0.2) is 24.3 Å². The summed E-state index contributed by atoms with van der Waals surface area (Å²) in [5, 5.41) is 5.45. The molecule has 1 fully saturated rings. The Morgan fingerprint density at radius 1 is 1.27 bits per heavy atom. The summed E-state index contributed by atoms with van der Waals surface area (Å²) in [6, 6.07) is 7.28. The highest BCUT2D eigenvalue weighted by Gasteiger charge is 2.21. The van der Waals surface area contributed by atoms with Crippen molar-refractivity contribution < 1.29 is 19.1 Å². The zero-order valence-electron chi connectivity index (χ0n) is 15.6. The quantitative estimate of drug-likeness (QED) is 0.762. The molecule has 7 nitrogen and oxygen atoms in total. The Hall–Kier alpha value is -2.57. The maximum atomic E-state index is 12.0. The number of benzene rings is 1. The van der Waals surface area contributed by atoms with Crippen LogP contribution in [0.3, 0.4) is 0 Å². The van der Waals surface area contributed by atoms with Gasteiger partial charge < -0.3 is 20.3 Å². The lowest BCUT2D eigenvalue weighted by Gasteiger charge is -2.19. The minimum Gasteiger partial charge on any atom is -0.444 e. The van der Waals surface area contributed by atoms with E-state index in [0.29, 0.717) is 31.6 Å². The van der Waals surface area contributed by atoms with E-state index in [-0.39, 0.29) is 18.2 Å². The molecule has 26 heavy (non-hydrogen) atoms. The number of amides is 3. The first kappa shape index (κ1) is 19.8. The molecule has 0 radical (unpaired) electrons. The molecule has 0 unspecified atom stereocenters. The van der Waals surface area contributed by atoms with Gasteiger partial charge in [-0.3, -0.25) is 9.59 Å². The van der Waals surface area contributed by atoms with Gasteiger partial charge in [-0.1, -0.05) is 6.07 Å². The summed E-state index contributed by atoms with van der Waals surface area (Å²) in [4.78, 5) is 37.1.